The van der Waals surface area contributed by atoms with Crippen LogP contribution >= 0.6 is 11.8 Å². The first-order chi connectivity index (χ1) is 8.08. The van der Waals surface area contributed by atoms with E-state index < -0.39 is 6.10 Å². The molecule has 0 aliphatic heterocycles. The van der Waals surface area contributed by atoms with Gasteiger partial charge in [-0.1, -0.05) is 6.07 Å². The lowest BCUT2D eigenvalue weighted by molar-refractivity contribution is -0.118. The predicted molar refractivity (Wildman–Crippen MR) is 66.6 cm³/mol. The van der Waals surface area contributed by atoms with E-state index in [1.165, 1.54) is 11.8 Å². The maximum absolute atomic E-state index is 11.2. The van der Waals surface area contributed by atoms with E-state index in [4.69, 9.17) is 5.26 Å². The van der Waals surface area contributed by atoms with E-state index in [0.29, 0.717) is 5.56 Å². The van der Waals surface area contributed by atoms with Gasteiger partial charge in [0.25, 0.3) is 0 Å². The summed E-state index contributed by atoms with van der Waals surface area (Å²) in [6.45, 7) is 1.66. The van der Waals surface area contributed by atoms with Crippen LogP contribution in [-0.2, 0) is 4.79 Å². The average molecular weight is 250 g/mol. The van der Waals surface area contributed by atoms with E-state index in [9.17, 15) is 9.90 Å². The summed E-state index contributed by atoms with van der Waals surface area (Å²) in [5.41, 5.74) is 1.26. The van der Waals surface area contributed by atoms with Gasteiger partial charge in [0.2, 0.25) is 5.91 Å². The quantitative estimate of drug-likeness (QED) is 0.793. The van der Waals surface area contributed by atoms with Crippen molar-refractivity contribution in [1.29, 1.82) is 5.26 Å². The first-order valence-corrected chi connectivity index (χ1v) is 6.12. The van der Waals surface area contributed by atoms with Crippen LogP contribution in [0.3, 0.4) is 0 Å². The van der Waals surface area contributed by atoms with Gasteiger partial charge in [0, 0.05) is 11.9 Å². The van der Waals surface area contributed by atoms with Crippen molar-refractivity contribution >= 4 is 17.7 Å². The first kappa shape index (κ1) is 13.6. The number of hydrogen-bond donors (Lipinski definition) is 2. The predicted octanol–water partition coefficient (Wildman–Crippen LogP) is 1.45. The van der Waals surface area contributed by atoms with Gasteiger partial charge in [-0.3, -0.25) is 4.79 Å². The molecule has 2 N–H and O–H groups in total. The number of nitrogens with one attached hydrogen (secondary N) is 1. The maximum atomic E-state index is 11.2. The molecule has 0 bridgehead atoms. The van der Waals surface area contributed by atoms with E-state index in [2.05, 4.69) is 5.32 Å². The van der Waals surface area contributed by atoms with Crippen LogP contribution in [-0.4, -0.2) is 23.8 Å². The molecule has 0 fully saturated rings. The fourth-order valence-corrected chi connectivity index (χ4v) is 2.34. The van der Waals surface area contributed by atoms with Crippen LogP contribution in [0.4, 0.5) is 0 Å². The van der Waals surface area contributed by atoms with Crippen molar-refractivity contribution in [2.75, 3.05) is 12.8 Å². The molecule has 1 rings (SSSR count). The maximum Gasteiger partial charge on any atom is 0.230 e. The smallest absolute Gasteiger partial charge is 0.230 e. The topological polar surface area (TPSA) is 73.1 Å². The third-order valence-electron chi connectivity index (χ3n) is 2.23. The Morgan fingerprint density at radius 2 is 2.35 bits per heavy atom. The van der Waals surface area contributed by atoms with Crippen molar-refractivity contribution in [1.82, 2.24) is 5.32 Å². The van der Waals surface area contributed by atoms with Crippen LogP contribution in [0.15, 0.2) is 23.1 Å². The van der Waals surface area contributed by atoms with Crippen molar-refractivity contribution in [3.05, 3.63) is 29.3 Å². The van der Waals surface area contributed by atoms with Gasteiger partial charge in [-0.15, -0.1) is 11.8 Å². The zero-order valence-corrected chi connectivity index (χ0v) is 10.5. The number of nitrogens with zero attached hydrogens (tertiary/aromatic N) is 1. The molecular formula is C12H14N2O2S. The highest BCUT2D eigenvalue weighted by Crippen LogP contribution is 2.28. The summed E-state index contributed by atoms with van der Waals surface area (Å²) >= 11 is 1.31. The lowest BCUT2D eigenvalue weighted by atomic mass is 10.1. The second-order valence-electron chi connectivity index (χ2n) is 3.50. The fraction of sp³-hybridized carbons (Fsp3) is 0.333. The Hall–Kier alpha value is -1.51. The minimum Gasteiger partial charge on any atom is -0.389 e. The van der Waals surface area contributed by atoms with Crippen LogP contribution < -0.4 is 5.32 Å². The molecule has 1 atom stereocenters. The van der Waals surface area contributed by atoms with Gasteiger partial charge in [0.15, 0.2) is 0 Å². The van der Waals surface area contributed by atoms with Crippen LogP contribution in [0.1, 0.15) is 24.2 Å². The van der Waals surface area contributed by atoms with Crippen molar-refractivity contribution in [3.63, 3.8) is 0 Å². The number of aliphatic hydroxyl groups is 1. The van der Waals surface area contributed by atoms with E-state index in [0.717, 1.165) is 10.5 Å². The molecule has 4 nitrogen and oxygen atoms in total. The molecule has 1 unspecified atom stereocenters. The van der Waals surface area contributed by atoms with Crippen molar-refractivity contribution in [2.24, 2.45) is 0 Å². The summed E-state index contributed by atoms with van der Waals surface area (Å²) in [5, 5.41) is 20.9. The number of carbonyl (C=O) groups excluding carboxylic acids is 1. The van der Waals surface area contributed by atoms with E-state index >= 15 is 0 Å². The number of aliphatic hydroxyl groups excluding tert-OH is 1. The molecule has 5 heteroatoms. The van der Waals surface area contributed by atoms with Crippen molar-refractivity contribution in [2.45, 2.75) is 17.9 Å². The Morgan fingerprint density at radius 1 is 1.65 bits per heavy atom. The Balaban J connectivity index is 2.94. The van der Waals surface area contributed by atoms with Gasteiger partial charge >= 0.3 is 0 Å². The van der Waals surface area contributed by atoms with Crippen LogP contribution in [0.25, 0.3) is 0 Å². The lowest BCUT2D eigenvalue weighted by Crippen LogP contribution is -2.19. The van der Waals surface area contributed by atoms with Gasteiger partial charge in [-0.05, 0) is 24.6 Å². The molecular weight excluding hydrogens is 236 g/mol. The van der Waals surface area contributed by atoms with Crippen molar-refractivity contribution < 1.29 is 9.90 Å². The molecule has 0 aromatic heterocycles. The van der Waals surface area contributed by atoms with Crippen molar-refractivity contribution in [3.8, 4) is 6.07 Å². The SMILES string of the molecule is CNC(=O)CSc1cc(C#N)ccc1C(C)O. The highest BCUT2D eigenvalue weighted by atomic mass is 32.2. The number of amides is 1. The molecule has 0 saturated heterocycles. The van der Waals surface area contributed by atoms with Gasteiger partial charge < -0.3 is 10.4 Å². The third kappa shape index (κ3) is 3.77. The lowest BCUT2D eigenvalue weighted by Gasteiger charge is -2.11. The third-order valence-corrected chi connectivity index (χ3v) is 3.30. The molecule has 17 heavy (non-hydrogen) atoms. The standard InChI is InChI=1S/C12H14N2O2S/c1-8(15)10-4-3-9(6-13)5-11(10)17-7-12(16)14-2/h3-5,8,15H,7H2,1-2H3,(H,14,16). The zero-order chi connectivity index (χ0) is 12.8. The monoisotopic (exact) mass is 250 g/mol. The normalized spacial score (nSPS) is 11.6. The Morgan fingerprint density at radius 3 is 2.88 bits per heavy atom. The van der Waals surface area contributed by atoms with E-state index in [-0.39, 0.29) is 11.7 Å². The number of thioether (sulfide) groups is 1. The van der Waals surface area contributed by atoms with Gasteiger partial charge in [0.05, 0.1) is 23.5 Å². The molecule has 0 radical (unpaired) electrons. The highest BCUT2D eigenvalue weighted by molar-refractivity contribution is 8.00. The summed E-state index contributed by atoms with van der Waals surface area (Å²) < 4.78 is 0. The van der Waals surface area contributed by atoms with Crippen LogP contribution in [0.5, 0.6) is 0 Å². The Labute approximate surface area is 105 Å². The number of carbonyl (C=O) groups is 1. The number of rotatable bonds is 4. The Kier molecular flexibility index (Phi) is 5.01. The molecule has 0 saturated carbocycles. The summed E-state index contributed by atoms with van der Waals surface area (Å²) in [7, 11) is 1.57. The molecule has 90 valence electrons. The molecule has 0 aliphatic rings. The second kappa shape index (κ2) is 6.28. The van der Waals surface area contributed by atoms with Gasteiger partial charge in [-0.2, -0.15) is 5.26 Å². The number of benzene rings is 1. The van der Waals surface area contributed by atoms with Gasteiger partial charge in [-0.25, -0.2) is 0 Å². The summed E-state index contributed by atoms with van der Waals surface area (Å²) in [6.07, 6.45) is -0.616. The molecule has 1 amide bonds. The fourth-order valence-electron chi connectivity index (χ4n) is 1.29. The van der Waals surface area contributed by atoms with E-state index in [1.807, 2.05) is 6.07 Å². The number of nitriles is 1. The second-order valence-corrected chi connectivity index (χ2v) is 4.52. The Bertz CT molecular complexity index is 452. The summed E-state index contributed by atoms with van der Waals surface area (Å²) in [6, 6.07) is 7.11. The minimum atomic E-state index is -0.616. The average Bonchev–Trinajstić information content (AvgIpc) is 2.35. The molecule has 0 aliphatic carbocycles. The summed E-state index contributed by atoms with van der Waals surface area (Å²) in [5.74, 6) is 0.180. The summed E-state index contributed by atoms with van der Waals surface area (Å²) in [4.78, 5) is 11.9. The highest BCUT2D eigenvalue weighted by Gasteiger charge is 2.10. The first-order valence-electron chi connectivity index (χ1n) is 5.14. The molecule has 0 heterocycles. The molecule has 1 aromatic carbocycles. The zero-order valence-electron chi connectivity index (χ0n) is 9.73. The molecule has 1 aromatic rings. The largest absolute Gasteiger partial charge is 0.389 e. The van der Waals surface area contributed by atoms with Crippen LogP contribution in [0, 0.1) is 11.3 Å². The van der Waals surface area contributed by atoms with Gasteiger partial charge in [0.1, 0.15) is 0 Å². The molecule has 0 spiro atoms. The number of hydrogen-bond acceptors (Lipinski definition) is 4. The minimum absolute atomic E-state index is 0.0890. The van der Waals surface area contributed by atoms with Crippen LogP contribution in [0.2, 0.25) is 0 Å². The van der Waals surface area contributed by atoms with E-state index in [1.54, 1.807) is 32.2 Å².